The van der Waals surface area contributed by atoms with E-state index < -0.39 is 17.8 Å². The van der Waals surface area contributed by atoms with Gasteiger partial charge in [0.2, 0.25) is 5.89 Å². The second kappa shape index (κ2) is 5.99. The number of urea groups is 1. The van der Waals surface area contributed by atoms with Gasteiger partial charge in [-0.25, -0.2) is 4.79 Å². The number of nitrogens with zero attached hydrogens (tertiary/aromatic N) is 3. The van der Waals surface area contributed by atoms with E-state index in [0.717, 1.165) is 0 Å². The number of hydrogen-bond donors (Lipinski definition) is 3. The average Bonchev–Trinajstić information content (AvgIpc) is 3.11. The minimum absolute atomic E-state index is 0.0522. The van der Waals surface area contributed by atoms with Crippen LogP contribution in [0.2, 0.25) is 0 Å². The number of benzene rings is 1. The zero-order chi connectivity index (χ0) is 17.3. The third-order valence-electron chi connectivity index (χ3n) is 3.25. The number of amides is 4. The molecule has 0 atom stereocenters. The van der Waals surface area contributed by atoms with Gasteiger partial charge in [-0.1, -0.05) is 0 Å². The van der Waals surface area contributed by atoms with Crippen LogP contribution < -0.4 is 20.9 Å². The van der Waals surface area contributed by atoms with Gasteiger partial charge < -0.3 is 20.1 Å². The fraction of sp³-hybridized carbons (Fsp3) is 0.214. The Bertz CT molecular complexity index is 828. The van der Waals surface area contributed by atoms with E-state index >= 15 is 0 Å². The van der Waals surface area contributed by atoms with Crippen LogP contribution in [0.25, 0.3) is 0 Å². The SMILES string of the molecule is CN(C)c1noc(CNC(=O)Nc2ccc3c(c2)C(=O)NC3=O)n1. The molecule has 1 aliphatic heterocycles. The lowest BCUT2D eigenvalue weighted by molar-refractivity contribution is 0.0879. The van der Waals surface area contributed by atoms with Gasteiger partial charge in [-0.3, -0.25) is 14.9 Å². The van der Waals surface area contributed by atoms with Gasteiger partial charge in [0, 0.05) is 19.8 Å². The van der Waals surface area contributed by atoms with Crippen molar-refractivity contribution >= 4 is 29.5 Å². The molecule has 1 aliphatic rings. The molecule has 4 amide bonds. The lowest BCUT2D eigenvalue weighted by Crippen LogP contribution is -2.28. The van der Waals surface area contributed by atoms with Gasteiger partial charge in [0.15, 0.2) is 0 Å². The molecule has 3 N–H and O–H groups in total. The molecule has 2 heterocycles. The van der Waals surface area contributed by atoms with Crippen LogP contribution in [0, 0.1) is 0 Å². The number of carbonyl (C=O) groups is 3. The fourth-order valence-corrected chi connectivity index (χ4v) is 2.08. The van der Waals surface area contributed by atoms with E-state index in [1.807, 2.05) is 0 Å². The van der Waals surface area contributed by atoms with Crippen LogP contribution in [0.3, 0.4) is 0 Å². The summed E-state index contributed by atoms with van der Waals surface area (Å²) in [6.45, 7) is 0.0522. The van der Waals surface area contributed by atoms with Gasteiger partial charge in [-0.2, -0.15) is 4.98 Å². The van der Waals surface area contributed by atoms with E-state index in [-0.39, 0.29) is 23.6 Å². The Morgan fingerprint density at radius 1 is 1.25 bits per heavy atom. The summed E-state index contributed by atoms with van der Waals surface area (Å²) in [6, 6.07) is 3.94. The number of carbonyl (C=O) groups excluding carboxylic acids is 3. The van der Waals surface area contributed by atoms with Crippen molar-refractivity contribution in [1.82, 2.24) is 20.8 Å². The Labute approximate surface area is 136 Å². The molecule has 0 radical (unpaired) electrons. The Hall–Kier alpha value is -3.43. The van der Waals surface area contributed by atoms with E-state index in [9.17, 15) is 14.4 Å². The van der Waals surface area contributed by atoms with Crippen LogP contribution >= 0.6 is 0 Å². The van der Waals surface area contributed by atoms with Gasteiger partial charge in [0.25, 0.3) is 17.8 Å². The summed E-state index contributed by atoms with van der Waals surface area (Å²) in [5.74, 6) is -0.269. The topological polar surface area (TPSA) is 129 Å². The number of fused-ring (bicyclic) bond motifs is 1. The van der Waals surface area contributed by atoms with Crippen molar-refractivity contribution in [3.8, 4) is 0 Å². The summed E-state index contributed by atoms with van der Waals surface area (Å²) in [5.41, 5.74) is 0.897. The molecule has 3 rings (SSSR count). The third-order valence-corrected chi connectivity index (χ3v) is 3.25. The summed E-state index contributed by atoms with van der Waals surface area (Å²) < 4.78 is 4.98. The predicted octanol–water partition coefficient (Wildman–Crippen LogP) is 0.341. The molecular formula is C14H14N6O4. The number of imide groups is 1. The van der Waals surface area contributed by atoms with Gasteiger partial charge in [-0.15, -0.1) is 0 Å². The molecule has 0 aliphatic carbocycles. The smallest absolute Gasteiger partial charge is 0.319 e. The number of anilines is 2. The lowest BCUT2D eigenvalue weighted by atomic mass is 10.1. The highest BCUT2D eigenvalue weighted by atomic mass is 16.5. The number of hydrogen-bond acceptors (Lipinski definition) is 7. The number of aromatic nitrogens is 2. The van der Waals surface area contributed by atoms with Crippen molar-refractivity contribution < 1.29 is 18.9 Å². The highest BCUT2D eigenvalue weighted by molar-refractivity contribution is 6.21. The van der Waals surface area contributed by atoms with Crippen molar-refractivity contribution in [3.63, 3.8) is 0 Å². The lowest BCUT2D eigenvalue weighted by Gasteiger charge is -2.06. The van der Waals surface area contributed by atoms with E-state index in [0.29, 0.717) is 11.6 Å². The van der Waals surface area contributed by atoms with Crippen LogP contribution in [0.1, 0.15) is 26.6 Å². The molecule has 0 fully saturated rings. The molecule has 24 heavy (non-hydrogen) atoms. The van der Waals surface area contributed by atoms with Crippen molar-refractivity contribution in [2.45, 2.75) is 6.54 Å². The summed E-state index contributed by atoms with van der Waals surface area (Å²) in [4.78, 5) is 40.7. The Morgan fingerprint density at radius 2 is 2.00 bits per heavy atom. The molecule has 10 heteroatoms. The van der Waals surface area contributed by atoms with Gasteiger partial charge in [0.05, 0.1) is 17.7 Å². The highest BCUT2D eigenvalue weighted by Gasteiger charge is 2.26. The molecule has 1 aromatic carbocycles. The monoisotopic (exact) mass is 330 g/mol. The van der Waals surface area contributed by atoms with Gasteiger partial charge in [-0.05, 0) is 23.4 Å². The summed E-state index contributed by atoms with van der Waals surface area (Å²) in [6.07, 6.45) is 0. The largest absolute Gasteiger partial charge is 0.344 e. The molecule has 0 saturated heterocycles. The first kappa shape index (κ1) is 15.5. The molecular weight excluding hydrogens is 316 g/mol. The third kappa shape index (κ3) is 3.02. The quantitative estimate of drug-likeness (QED) is 0.689. The fourth-order valence-electron chi connectivity index (χ4n) is 2.08. The Morgan fingerprint density at radius 3 is 2.71 bits per heavy atom. The Kier molecular flexibility index (Phi) is 3.86. The molecule has 0 bridgehead atoms. The minimum atomic E-state index is -0.510. The van der Waals surface area contributed by atoms with Gasteiger partial charge in [0.1, 0.15) is 0 Å². The molecule has 0 spiro atoms. The first-order chi connectivity index (χ1) is 11.4. The van der Waals surface area contributed by atoms with E-state index in [2.05, 4.69) is 26.1 Å². The van der Waals surface area contributed by atoms with E-state index in [1.165, 1.54) is 18.2 Å². The van der Waals surface area contributed by atoms with Crippen molar-refractivity contribution in [1.29, 1.82) is 0 Å². The van der Waals surface area contributed by atoms with Crippen LogP contribution in [0.5, 0.6) is 0 Å². The summed E-state index contributed by atoms with van der Waals surface area (Å²) >= 11 is 0. The first-order valence-electron chi connectivity index (χ1n) is 6.98. The van der Waals surface area contributed by atoms with Crippen molar-refractivity contribution in [3.05, 3.63) is 35.2 Å². The maximum atomic E-state index is 11.9. The average molecular weight is 330 g/mol. The molecule has 10 nitrogen and oxygen atoms in total. The number of rotatable bonds is 4. The summed E-state index contributed by atoms with van der Waals surface area (Å²) in [7, 11) is 3.53. The highest BCUT2D eigenvalue weighted by Crippen LogP contribution is 2.20. The number of nitrogens with one attached hydrogen (secondary N) is 3. The maximum Gasteiger partial charge on any atom is 0.319 e. The molecule has 124 valence electrons. The zero-order valence-corrected chi connectivity index (χ0v) is 12.9. The van der Waals surface area contributed by atoms with Crippen molar-refractivity contribution in [2.24, 2.45) is 0 Å². The normalized spacial score (nSPS) is 12.6. The van der Waals surface area contributed by atoms with Crippen LogP contribution in [0.4, 0.5) is 16.4 Å². The van der Waals surface area contributed by atoms with Crippen LogP contribution in [0.15, 0.2) is 22.7 Å². The summed E-state index contributed by atoms with van der Waals surface area (Å²) in [5, 5.41) is 11.0. The second-order valence-electron chi connectivity index (χ2n) is 5.23. The molecule has 2 aromatic rings. The molecule has 1 aromatic heterocycles. The minimum Gasteiger partial charge on any atom is -0.344 e. The van der Waals surface area contributed by atoms with E-state index in [4.69, 9.17) is 4.52 Å². The van der Waals surface area contributed by atoms with Crippen LogP contribution in [-0.4, -0.2) is 42.1 Å². The van der Waals surface area contributed by atoms with Crippen LogP contribution in [-0.2, 0) is 6.54 Å². The Balaban J connectivity index is 1.60. The second-order valence-corrected chi connectivity index (χ2v) is 5.23. The maximum absolute atomic E-state index is 11.9. The van der Waals surface area contributed by atoms with Gasteiger partial charge >= 0.3 is 6.03 Å². The van der Waals surface area contributed by atoms with Crippen molar-refractivity contribution in [2.75, 3.05) is 24.3 Å². The molecule has 0 saturated carbocycles. The standard InChI is InChI=1S/C14H14N6O4/c1-20(2)13-17-10(24-19-13)6-15-14(23)16-7-3-4-8-9(5-7)12(22)18-11(8)21/h3-5H,6H2,1-2H3,(H2,15,16,23)(H,18,21,22). The zero-order valence-electron chi connectivity index (χ0n) is 12.9. The predicted molar refractivity (Wildman–Crippen MR) is 82.7 cm³/mol. The first-order valence-corrected chi connectivity index (χ1v) is 6.98. The molecule has 0 unspecified atom stereocenters. The van der Waals surface area contributed by atoms with E-state index in [1.54, 1.807) is 19.0 Å².